The van der Waals surface area contributed by atoms with Gasteiger partial charge in [-0.15, -0.1) is 0 Å². The summed E-state index contributed by atoms with van der Waals surface area (Å²) in [5.41, 5.74) is 5.58. The molecule has 1 heterocycles. The Kier molecular flexibility index (Phi) is 5.38. The highest BCUT2D eigenvalue weighted by Crippen LogP contribution is 2.18. The molecule has 0 bridgehead atoms. The lowest BCUT2D eigenvalue weighted by atomic mass is 9.94. The summed E-state index contributed by atoms with van der Waals surface area (Å²) in [5, 5.41) is 9.23. The average Bonchev–Trinajstić information content (AvgIpc) is 2.29. The lowest BCUT2D eigenvalue weighted by Gasteiger charge is -2.43. The van der Waals surface area contributed by atoms with E-state index in [1.54, 1.807) is 0 Å². The van der Waals surface area contributed by atoms with Gasteiger partial charge in [-0.05, 0) is 33.7 Å². The van der Waals surface area contributed by atoms with E-state index in [9.17, 15) is 5.11 Å². The smallest absolute Gasteiger partial charge is 0.0609 e. The van der Waals surface area contributed by atoms with Gasteiger partial charge in [0.1, 0.15) is 0 Å². The predicted molar refractivity (Wildman–Crippen MR) is 72.0 cm³/mol. The molecule has 4 nitrogen and oxygen atoms in total. The highest BCUT2D eigenvalue weighted by molar-refractivity contribution is 4.87. The molecule has 1 aliphatic heterocycles. The zero-order valence-corrected chi connectivity index (χ0v) is 11.8. The summed E-state index contributed by atoms with van der Waals surface area (Å²) < 4.78 is 0. The van der Waals surface area contributed by atoms with Crippen molar-refractivity contribution in [3.05, 3.63) is 0 Å². The normalized spacial score (nSPS) is 28.9. The van der Waals surface area contributed by atoms with Gasteiger partial charge in [0.2, 0.25) is 0 Å². The second kappa shape index (κ2) is 6.14. The van der Waals surface area contributed by atoms with Gasteiger partial charge in [0, 0.05) is 37.3 Å². The topological polar surface area (TPSA) is 52.7 Å². The van der Waals surface area contributed by atoms with E-state index in [0.29, 0.717) is 12.1 Å². The number of nitrogens with two attached hydrogens (primary N) is 1. The number of likely N-dealkylation sites (N-methyl/N-ethyl adjacent to an activating group) is 1. The van der Waals surface area contributed by atoms with Crippen LogP contribution in [-0.4, -0.2) is 65.8 Å². The molecule has 1 rings (SSSR count). The third kappa shape index (κ3) is 4.21. The third-order valence-electron chi connectivity index (χ3n) is 4.03. The molecule has 0 amide bonds. The summed E-state index contributed by atoms with van der Waals surface area (Å²) in [4.78, 5) is 4.95. The quantitative estimate of drug-likeness (QED) is 0.738. The van der Waals surface area contributed by atoms with E-state index in [1.165, 1.54) is 6.42 Å². The van der Waals surface area contributed by atoms with Crippen molar-refractivity contribution in [2.75, 3.05) is 33.3 Å². The first kappa shape index (κ1) is 14.9. The Labute approximate surface area is 106 Å². The van der Waals surface area contributed by atoms with Crippen molar-refractivity contribution in [3.8, 4) is 0 Å². The van der Waals surface area contributed by atoms with E-state index in [1.807, 2.05) is 6.92 Å². The van der Waals surface area contributed by atoms with Crippen LogP contribution in [-0.2, 0) is 0 Å². The molecular formula is C13H29N3O. The van der Waals surface area contributed by atoms with E-state index in [2.05, 4.69) is 30.7 Å². The van der Waals surface area contributed by atoms with E-state index in [4.69, 9.17) is 5.73 Å². The fourth-order valence-electron chi connectivity index (χ4n) is 2.68. The number of aliphatic hydroxyl groups is 1. The van der Waals surface area contributed by atoms with Gasteiger partial charge in [-0.1, -0.05) is 6.92 Å². The molecule has 0 aromatic rings. The molecule has 1 aliphatic rings. The zero-order chi connectivity index (χ0) is 13.1. The first-order chi connectivity index (χ1) is 7.89. The summed E-state index contributed by atoms with van der Waals surface area (Å²) in [6.45, 7) is 9.81. The highest BCUT2D eigenvalue weighted by atomic mass is 16.3. The van der Waals surface area contributed by atoms with Crippen LogP contribution in [0.3, 0.4) is 0 Å². The SMILES string of the molecule is CCC1CN(C(C)CC(C)(N)CO)CCN1C. The Hall–Kier alpha value is -0.160. The number of rotatable bonds is 5. The molecule has 0 spiro atoms. The van der Waals surface area contributed by atoms with Crippen LogP contribution in [0, 0.1) is 0 Å². The molecule has 1 fully saturated rings. The summed E-state index contributed by atoms with van der Waals surface area (Å²) in [5.74, 6) is 0. The molecule has 3 N–H and O–H groups in total. The van der Waals surface area contributed by atoms with Gasteiger partial charge < -0.3 is 15.7 Å². The van der Waals surface area contributed by atoms with Gasteiger partial charge in [0.25, 0.3) is 0 Å². The first-order valence-corrected chi connectivity index (χ1v) is 6.73. The van der Waals surface area contributed by atoms with Crippen molar-refractivity contribution >= 4 is 0 Å². The van der Waals surface area contributed by atoms with Gasteiger partial charge in [0.05, 0.1) is 6.61 Å². The minimum Gasteiger partial charge on any atom is -0.394 e. The van der Waals surface area contributed by atoms with Crippen molar-refractivity contribution in [3.63, 3.8) is 0 Å². The zero-order valence-electron chi connectivity index (χ0n) is 11.8. The van der Waals surface area contributed by atoms with Crippen molar-refractivity contribution in [1.29, 1.82) is 0 Å². The molecule has 0 aromatic heterocycles. The van der Waals surface area contributed by atoms with Crippen LogP contribution in [0.15, 0.2) is 0 Å². The summed E-state index contributed by atoms with van der Waals surface area (Å²) in [6.07, 6.45) is 2.04. The van der Waals surface area contributed by atoms with Gasteiger partial charge in [-0.2, -0.15) is 0 Å². The minimum absolute atomic E-state index is 0.0578. The lowest BCUT2D eigenvalue weighted by Crippen LogP contribution is -2.56. The molecular weight excluding hydrogens is 214 g/mol. The van der Waals surface area contributed by atoms with E-state index >= 15 is 0 Å². The van der Waals surface area contributed by atoms with Crippen LogP contribution >= 0.6 is 0 Å². The monoisotopic (exact) mass is 243 g/mol. The van der Waals surface area contributed by atoms with Crippen LogP contribution in [0.2, 0.25) is 0 Å². The Bertz CT molecular complexity index is 233. The fraction of sp³-hybridized carbons (Fsp3) is 1.00. The largest absolute Gasteiger partial charge is 0.394 e. The molecule has 0 aromatic carbocycles. The van der Waals surface area contributed by atoms with E-state index in [-0.39, 0.29) is 6.61 Å². The van der Waals surface area contributed by atoms with Crippen molar-refractivity contribution in [2.45, 2.75) is 51.2 Å². The predicted octanol–water partition coefficient (Wildman–Crippen LogP) is 0.501. The van der Waals surface area contributed by atoms with Gasteiger partial charge in [-0.3, -0.25) is 4.90 Å². The Morgan fingerprint density at radius 1 is 1.47 bits per heavy atom. The second-order valence-corrected chi connectivity index (χ2v) is 5.90. The number of hydrogen-bond donors (Lipinski definition) is 2. The van der Waals surface area contributed by atoms with Gasteiger partial charge in [0.15, 0.2) is 0 Å². The Morgan fingerprint density at radius 2 is 2.12 bits per heavy atom. The minimum atomic E-state index is -0.454. The molecule has 3 atom stereocenters. The molecule has 102 valence electrons. The van der Waals surface area contributed by atoms with Crippen LogP contribution < -0.4 is 5.73 Å². The van der Waals surface area contributed by atoms with Crippen molar-refractivity contribution < 1.29 is 5.11 Å². The standard InChI is InChI=1S/C13H29N3O/c1-5-12-9-16(7-6-15(12)4)11(2)8-13(3,14)10-17/h11-12,17H,5-10,14H2,1-4H3. The van der Waals surface area contributed by atoms with Crippen molar-refractivity contribution in [1.82, 2.24) is 9.80 Å². The maximum Gasteiger partial charge on any atom is 0.0609 e. The third-order valence-corrected chi connectivity index (χ3v) is 4.03. The number of hydrogen-bond acceptors (Lipinski definition) is 4. The average molecular weight is 243 g/mol. The summed E-state index contributed by atoms with van der Waals surface area (Å²) in [6, 6.07) is 1.10. The van der Waals surface area contributed by atoms with Crippen LogP contribution in [0.1, 0.15) is 33.6 Å². The lowest BCUT2D eigenvalue weighted by molar-refractivity contribution is 0.0526. The highest BCUT2D eigenvalue weighted by Gasteiger charge is 2.29. The van der Waals surface area contributed by atoms with Gasteiger partial charge in [-0.25, -0.2) is 0 Å². The van der Waals surface area contributed by atoms with Crippen LogP contribution in [0.25, 0.3) is 0 Å². The number of piperazine rings is 1. The molecule has 0 saturated carbocycles. The fourth-order valence-corrected chi connectivity index (χ4v) is 2.68. The molecule has 17 heavy (non-hydrogen) atoms. The molecule has 0 radical (unpaired) electrons. The molecule has 3 unspecified atom stereocenters. The van der Waals surface area contributed by atoms with Crippen LogP contribution in [0.4, 0.5) is 0 Å². The van der Waals surface area contributed by atoms with Gasteiger partial charge >= 0.3 is 0 Å². The molecule has 1 saturated heterocycles. The Morgan fingerprint density at radius 3 is 2.65 bits per heavy atom. The van der Waals surface area contributed by atoms with Crippen molar-refractivity contribution in [2.24, 2.45) is 5.73 Å². The molecule has 4 heteroatoms. The summed E-state index contributed by atoms with van der Waals surface area (Å²) >= 11 is 0. The number of nitrogens with zero attached hydrogens (tertiary/aromatic N) is 2. The maximum absolute atomic E-state index is 9.23. The Balaban J connectivity index is 2.50. The maximum atomic E-state index is 9.23. The first-order valence-electron chi connectivity index (χ1n) is 6.73. The second-order valence-electron chi connectivity index (χ2n) is 5.90. The van der Waals surface area contributed by atoms with Crippen LogP contribution in [0.5, 0.6) is 0 Å². The molecule has 0 aliphatic carbocycles. The van der Waals surface area contributed by atoms with E-state index < -0.39 is 5.54 Å². The van der Waals surface area contributed by atoms with E-state index in [0.717, 1.165) is 26.1 Å². The number of aliphatic hydroxyl groups excluding tert-OH is 1. The summed E-state index contributed by atoms with van der Waals surface area (Å²) in [7, 11) is 2.21.